The first kappa shape index (κ1) is 20.2. The number of hydrogen-bond donors (Lipinski definition) is 1. The molecule has 1 atom stereocenters. The van der Waals surface area contributed by atoms with Crippen molar-refractivity contribution in [1.82, 2.24) is 15.0 Å². The van der Waals surface area contributed by atoms with Crippen LogP contribution in [0, 0.1) is 17.5 Å². The normalized spacial score (nSPS) is 11.9. The summed E-state index contributed by atoms with van der Waals surface area (Å²) in [4.78, 5) is 17.7. The van der Waals surface area contributed by atoms with E-state index in [0.717, 1.165) is 5.56 Å². The predicted molar refractivity (Wildman–Crippen MR) is 94.8 cm³/mol. The fourth-order valence-electron chi connectivity index (χ4n) is 2.61. The highest BCUT2D eigenvalue weighted by Crippen LogP contribution is 2.32. The van der Waals surface area contributed by atoms with E-state index in [1.54, 1.807) is 31.2 Å². The average molecular weight is 407 g/mol. The number of benzene rings is 2. The van der Waals surface area contributed by atoms with Gasteiger partial charge in [-0.2, -0.15) is 9.37 Å². The van der Waals surface area contributed by atoms with Crippen molar-refractivity contribution in [3.05, 3.63) is 59.2 Å². The molecule has 0 aliphatic heterocycles. The van der Waals surface area contributed by atoms with E-state index in [1.165, 1.54) is 19.1 Å². The molecule has 0 bridgehead atoms. The van der Waals surface area contributed by atoms with E-state index < -0.39 is 46.4 Å². The molecule has 0 radical (unpaired) electrons. The molecule has 0 saturated carbocycles. The van der Waals surface area contributed by atoms with Gasteiger partial charge in [-0.15, -0.1) is 0 Å². The summed E-state index contributed by atoms with van der Waals surface area (Å²) in [5.74, 6) is -7.21. The first-order chi connectivity index (χ1) is 13.7. The number of phenolic OH excluding ortho intramolecular Hbond substituents is 1. The van der Waals surface area contributed by atoms with Crippen LogP contribution in [-0.2, 0) is 0 Å². The first-order valence-electron chi connectivity index (χ1n) is 8.36. The van der Waals surface area contributed by atoms with Crippen LogP contribution in [0.1, 0.15) is 29.1 Å². The molecule has 1 heterocycles. The molecule has 10 heteroatoms. The highest BCUT2D eigenvalue weighted by atomic mass is 19.2. The summed E-state index contributed by atoms with van der Waals surface area (Å²) >= 11 is 0. The van der Waals surface area contributed by atoms with Gasteiger partial charge in [0.1, 0.15) is 5.75 Å². The Labute approximate surface area is 163 Å². The molecule has 3 aromatic rings. The highest BCUT2D eigenvalue weighted by molar-refractivity contribution is 5.90. The van der Waals surface area contributed by atoms with Crippen LogP contribution in [0.2, 0.25) is 0 Å². The standard InChI is InChI=1S/C19H16F3N3O4/c1-9(10-4-6-11(28-3)7-5-10)25(2)19(27)17-23-18(29-24-17)12-8-13(20)15(22)16(26)14(12)21/h4-9,26H,1-3H3. The number of ether oxygens (including phenoxy) is 1. The molecule has 0 fully saturated rings. The fourth-order valence-corrected chi connectivity index (χ4v) is 2.61. The molecule has 0 aliphatic rings. The number of hydrogen-bond acceptors (Lipinski definition) is 6. The van der Waals surface area contributed by atoms with E-state index >= 15 is 0 Å². The predicted octanol–water partition coefficient (Wildman–Crippen LogP) is 3.70. The number of nitrogens with zero attached hydrogens (tertiary/aromatic N) is 3. The lowest BCUT2D eigenvalue weighted by molar-refractivity contribution is 0.0727. The van der Waals surface area contributed by atoms with Gasteiger partial charge in [0.2, 0.25) is 5.82 Å². The van der Waals surface area contributed by atoms with Gasteiger partial charge < -0.3 is 19.3 Å². The minimum atomic E-state index is -1.74. The molecule has 2 aromatic carbocycles. The number of aromatic hydroxyl groups is 1. The number of phenols is 1. The number of amides is 1. The molecule has 29 heavy (non-hydrogen) atoms. The van der Waals surface area contributed by atoms with E-state index in [2.05, 4.69) is 10.1 Å². The number of carbonyl (C=O) groups is 1. The molecule has 7 nitrogen and oxygen atoms in total. The van der Waals surface area contributed by atoms with E-state index in [4.69, 9.17) is 9.26 Å². The summed E-state index contributed by atoms with van der Waals surface area (Å²) in [5, 5.41) is 12.8. The van der Waals surface area contributed by atoms with Crippen molar-refractivity contribution < 1.29 is 32.3 Å². The molecule has 0 spiro atoms. The molecule has 1 N–H and O–H groups in total. The van der Waals surface area contributed by atoms with Gasteiger partial charge in [0, 0.05) is 7.05 Å². The van der Waals surface area contributed by atoms with Crippen molar-refractivity contribution in [2.24, 2.45) is 0 Å². The first-order valence-corrected chi connectivity index (χ1v) is 8.36. The summed E-state index contributed by atoms with van der Waals surface area (Å²) in [6, 6.07) is 7.14. The van der Waals surface area contributed by atoms with Crippen LogP contribution in [-0.4, -0.2) is 40.2 Å². The van der Waals surface area contributed by atoms with Gasteiger partial charge in [-0.1, -0.05) is 17.3 Å². The van der Waals surface area contributed by atoms with Gasteiger partial charge in [-0.3, -0.25) is 4.79 Å². The van der Waals surface area contributed by atoms with Crippen LogP contribution in [0.15, 0.2) is 34.9 Å². The molecule has 152 valence electrons. The van der Waals surface area contributed by atoms with Crippen LogP contribution in [0.3, 0.4) is 0 Å². The second kappa shape index (κ2) is 7.82. The Bertz CT molecular complexity index is 1050. The molecule has 1 unspecified atom stereocenters. The van der Waals surface area contributed by atoms with E-state index in [1.807, 2.05) is 0 Å². The van der Waals surface area contributed by atoms with Gasteiger partial charge >= 0.3 is 0 Å². The number of halogens is 3. The van der Waals surface area contributed by atoms with Crippen molar-refractivity contribution in [3.8, 4) is 23.0 Å². The van der Waals surface area contributed by atoms with Gasteiger partial charge in [-0.05, 0) is 30.7 Å². The Kier molecular flexibility index (Phi) is 5.44. The topological polar surface area (TPSA) is 88.7 Å². The van der Waals surface area contributed by atoms with Crippen molar-refractivity contribution in [2.45, 2.75) is 13.0 Å². The molecular formula is C19H16F3N3O4. The smallest absolute Gasteiger partial charge is 0.295 e. The summed E-state index contributed by atoms with van der Waals surface area (Å²) < 4.78 is 50.6. The Hall–Kier alpha value is -3.56. The van der Waals surface area contributed by atoms with E-state index in [-0.39, 0.29) is 6.04 Å². The van der Waals surface area contributed by atoms with E-state index in [9.17, 15) is 23.1 Å². The van der Waals surface area contributed by atoms with Crippen LogP contribution in [0.25, 0.3) is 11.5 Å². The van der Waals surface area contributed by atoms with Gasteiger partial charge in [0.05, 0.1) is 18.7 Å². The van der Waals surface area contributed by atoms with Crippen LogP contribution >= 0.6 is 0 Å². The van der Waals surface area contributed by atoms with Crippen molar-refractivity contribution in [2.75, 3.05) is 14.2 Å². The zero-order chi connectivity index (χ0) is 21.3. The molecule has 0 aliphatic carbocycles. The molecule has 3 rings (SSSR count). The van der Waals surface area contributed by atoms with Crippen molar-refractivity contribution in [1.29, 1.82) is 0 Å². The zero-order valence-electron chi connectivity index (χ0n) is 15.6. The Balaban J connectivity index is 1.85. The largest absolute Gasteiger partial charge is 0.503 e. The quantitative estimate of drug-likeness (QED) is 0.649. The van der Waals surface area contributed by atoms with Gasteiger partial charge in [-0.25, -0.2) is 8.78 Å². The SMILES string of the molecule is COc1ccc(C(C)N(C)C(=O)c2noc(-c3cc(F)c(F)c(O)c3F)n2)cc1. The van der Waals surface area contributed by atoms with Crippen LogP contribution in [0.4, 0.5) is 13.2 Å². The molecular weight excluding hydrogens is 391 g/mol. The zero-order valence-corrected chi connectivity index (χ0v) is 15.6. The lowest BCUT2D eigenvalue weighted by atomic mass is 10.1. The summed E-state index contributed by atoms with van der Waals surface area (Å²) in [6.45, 7) is 1.77. The summed E-state index contributed by atoms with van der Waals surface area (Å²) in [5.41, 5.74) is 0.140. The van der Waals surface area contributed by atoms with Crippen molar-refractivity contribution >= 4 is 5.91 Å². The molecule has 1 amide bonds. The summed E-state index contributed by atoms with van der Waals surface area (Å²) in [7, 11) is 3.05. The van der Waals surface area contributed by atoms with Gasteiger partial charge in [0.25, 0.3) is 17.6 Å². The highest BCUT2D eigenvalue weighted by Gasteiger charge is 2.27. The lowest BCUT2D eigenvalue weighted by Crippen LogP contribution is -2.30. The number of aromatic nitrogens is 2. The Morgan fingerprint density at radius 3 is 2.48 bits per heavy atom. The van der Waals surface area contributed by atoms with Gasteiger partial charge in [0.15, 0.2) is 17.4 Å². The van der Waals surface area contributed by atoms with Crippen LogP contribution in [0.5, 0.6) is 11.5 Å². The number of rotatable bonds is 5. The second-order valence-electron chi connectivity index (χ2n) is 6.17. The minimum absolute atomic E-state index is 0.376. The average Bonchev–Trinajstić information content (AvgIpc) is 3.23. The maximum absolute atomic E-state index is 14.0. The third-order valence-corrected chi connectivity index (χ3v) is 4.48. The third kappa shape index (κ3) is 3.73. The molecule has 1 aromatic heterocycles. The number of carbonyl (C=O) groups excluding carboxylic acids is 1. The van der Waals surface area contributed by atoms with Crippen LogP contribution < -0.4 is 4.74 Å². The minimum Gasteiger partial charge on any atom is -0.503 e. The fraction of sp³-hybridized carbons (Fsp3) is 0.211. The Morgan fingerprint density at radius 2 is 1.86 bits per heavy atom. The second-order valence-corrected chi connectivity index (χ2v) is 6.17. The monoisotopic (exact) mass is 407 g/mol. The third-order valence-electron chi connectivity index (χ3n) is 4.48. The Morgan fingerprint density at radius 1 is 1.21 bits per heavy atom. The lowest BCUT2D eigenvalue weighted by Gasteiger charge is -2.24. The van der Waals surface area contributed by atoms with Crippen molar-refractivity contribution in [3.63, 3.8) is 0 Å². The summed E-state index contributed by atoms with van der Waals surface area (Å²) in [6.07, 6.45) is 0. The number of methoxy groups -OCH3 is 1. The molecule has 0 saturated heterocycles. The maximum atomic E-state index is 14.0. The maximum Gasteiger partial charge on any atom is 0.295 e. The van der Waals surface area contributed by atoms with E-state index in [0.29, 0.717) is 11.8 Å².